The van der Waals surface area contributed by atoms with Crippen molar-refractivity contribution in [3.8, 4) is 5.75 Å². The molecule has 0 spiro atoms. The highest BCUT2D eigenvalue weighted by atomic mass is 32.1. The van der Waals surface area contributed by atoms with E-state index in [-0.39, 0.29) is 5.91 Å². The number of carbonyl (C=O) groups is 1. The van der Waals surface area contributed by atoms with Gasteiger partial charge < -0.3 is 9.64 Å². The molecule has 0 unspecified atom stereocenters. The molecule has 0 aliphatic carbocycles. The third-order valence-electron chi connectivity index (χ3n) is 5.15. The molecule has 1 amide bonds. The molecule has 5 nitrogen and oxygen atoms in total. The SMILES string of the molecule is CCCCOc1ccc(C(=O)N(CCCN(C)C)c2nc3c(C)cc(C)cc3s2)cc1. The minimum Gasteiger partial charge on any atom is -0.494 e. The molecule has 0 bridgehead atoms. The molecule has 31 heavy (non-hydrogen) atoms. The Balaban J connectivity index is 1.86. The molecule has 2 aromatic carbocycles. The van der Waals surface area contributed by atoms with Gasteiger partial charge in [0.15, 0.2) is 5.13 Å². The maximum absolute atomic E-state index is 13.5. The topological polar surface area (TPSA) is 45.7 Å². The van der Waals surface area contributed by atoms with E-state index >= 15 is 0 Å². The van der Waals surface area contributed by atoms with Crippen molar-refractivity contribution in [1.82, 2.24) is 9.88 Å². The van der Waals surface area contributed by atoms with Crippen LogP contribution in [0.2, 0.25) is 0 Å². The Bertz CT molecular complexity index is 1010. The monoisotopic (exact) mass is 439 g/mol. The van der Waals surface area contributed by atoms with Crippen molar-refractivity contribution < 1.29 is 9.53 Å². The molecule has 3 rings (SSSR count). The lowest BCUT2D eigenvalue weighted by Crippen LogP contribution is -2.33. The van der Waals surface area contributed by atoms with E-state index < -0.39 is 0 Å². The third kappa shape index (κ3) is 6.05. The number of ether oxygens (including phenoxy) is 1. The second kappa shape index (κ2) is 10.7. The number of benzene rings is 2. The van der Waals surface area contributed by atoms with Crippen molar-refractivity contribution in [2.45, 2.75) is 40.0 Å². The quantitative estimate of drug-likeness (QED) is 0.381. The molecular weight excluding hydrogens is 406 g/mol. The number of unbranched alkanes of at least 4 members (excludes halogenated alkanes) is 1. The fraction of sp³-hybridized carbons (Fsp3) is 0.440. The molecule has 0 aliphatic rings. The summed E-state index contributed by atoms with van der Waals surface area (Å²) in [5.74, 6) is 0.780. The molecule has 0 saturated heterocycles. The maximum atomic E-state index is 13.5. The standard InChI is InChI=1S/C25H33N3O2S/c1-6-7-15-30-21-11-9-20(10-12-21)24(29)28(14-8-13-27(4)5)25-26-23-19(3)16-18(2)17-22(23)31-25/h9-12,16-17H,6-8,13-15H2,1-5H3. The lowest BCUT2D eigenvalue weighted by atomic mass is 10.1. The van der Waals surface area contributed by atoms with E-state index in [9.17, 15) is 4.79 Å². The summed E-state index contributed by atoms with van der Waals surface area (Å²) < 4.78 is 6.86. The Morgan fingerprint density at radius 1 is 1.06 bits per heavy atom. The number of aryl methyl sites for hydroxylation is 2. The van der Waals surface area contributed by atoms with Crippen molar-refractivity contribution in [2.24, 2.45) is 0 Å². The van der Waals surface area contributed by atoms with Gasteiger partial charge in [0.05, 0.1) is 16.8 Å². The van der Waals surface area contributed by atoms with Gasteiger partial charge in [-0.1, -0.05) is 30.7 Å². The first kappa shape index (κ1) is 23.2. The Kier molecular flexibility index (Phi) is 8.04. The number of thiazole rings is 1. The maximum Gasteiger partial charge on any atom is 0.260 e. The predicted molar refractivity (Wildman–Crippen MR) is 131 cm³/mol. The second-order valence-electron chi connectivity index (χ2n) is 8.27. The normalized spacial score (nSPS) is 11.3. The number of nitrogens with zero attached hydrogens (tertiary/aromatic N) is 3. The lowest BCUT2D eigenvalue weighted by Gasteiger charge is -2.21. The molecule has 0 saturated carbocycles. The van der Waals surface area contributed by atoms with E-state index in [1.165, 1.54) is 5.56 Å². The Hall–Kier alpha value is -2.44. The lowest BCUT2D eigenvalue weighted by molar-refractivity contribution is 0.0986. The largest absolute Gasteiger partial charge is 0.494 e. The van der Waals surface area contributed by atoms with Gasteiger partial charge in [-0.15, -0.1) is 0 Å². The van der Waals surface area contributed by atoms with Crippen LogP contribution in [0.3, 0.4) is 0 Å². The average Bonchev–Trinajstić information content (AvgIpc) is 3.15. The number of fused-ring (bicyclic) bond motifs is 1. The van der Waals surface area contributed by atoms with Crippen molar-refractivity contribution in [1.29, 1.82) is 0 Å². The summed E-state index contributed by atoms with van der Waals surface area (Å²) in [6.07, 6.45) is 3.00. The van der Waals surface area contributed by atoms with Crippen LogP contribution in [-0.2, 0) is 0 Å². The highest BCUT2D eigenvalue weighted by Gasteiger charge is 2.22. The molecule has 166 valence electrons. The van der Waals surface area contributed by atoms with Gasteiger partial charge in [-0.25, -0.2) is 4.98 Å². The smallest absolute Gasteiger partial charge is 0.260 e. The third-order valence-corrected chi connectivity index (χ3v) is 6.17. The average molecular weight is 440 g/mol. The zero-order chi connectivity index (χ0) is 22.4. The first-order chi connectivity index (χ1) is 14.9. The van der Waals surface area contributed by atoms with Crippen LogP contribution in [0.25, 0.3) is 10.2 Å². The molecule has 0 aliphatic heterocycles. The molecule has 1 heterocycles. The molecule has 1 aromatic heterocycles. The molecule has 6 heteroatoms. The highest BCUT2D eigenvalue weighted by molar-refractivity contribution is 7.22. The first-order valence-corrected chi connectivity index (χ1v) is 11.8. The zero-order valence-electron chi connectivity index (χ0n) is 19.3. The van der Waals surface area contributed by atoms with E-state index in [1.807, 2.05) is 43.3 Å². The van der Waals surface area contributed by atoms with Gasteiger partial charge in [0.25, 0.3) is 5.91 Å². The molecule has 3 aromatic rings. The number of hydrogen-bond acceptors (Lipinski definition) is 5. The van der Waals surface area contributed by atoms with Gasteiger partial charge in [-0.3, -0.25) is 9.69 Å². The number of carbonyl (C=O) groups excluding carboxylic acids is 1. The van der Waals surface area contributed by atoms with Crippen LogP contribution >= 0.6 is 11.3 Å². The Labute approximate surface area is 189 Å². The van der Waals surface area contributed by atoms with Crippen molar-refractivity contribution in [2.75, 3.05) is 38.7 Å². The number of hydrogen-bond donors (Lipinski definition) is 0. The van der Waals surface area contributed by atoms with E-state index in [0.29, 0.717) is 18.7 Å². The van der Waals surface area contributed by atoms with Gasteiger partial charge in [-0.05, 0) is 88.8 Å². The molecule has 0 N–H and O–H groups in total. The summed E-state index contributed by atoms with van der Waals surface area (Å²) in [7, 11) is 4.10. The summed E-state index contributed by atoms with van der Waals surface area (Å²) in [5.41, 5.74) is 3.99. The summed E-state index contributed by atoms with van der Waals surface area (Å²) in [4.78, 5) is 22.3. The first-order valence-electron chi connectivity index (χ1n) is 11.0. The Morgan fingerprint density at radius 3 is 2.48 bits per heavy atom. The van der Waals surface area contributed by atoms with E-state index in [2.05, 4.69) is 37.8 Å². The Morgan fingerprint density at radius 2 is 1.81 bits per heavy atom. The fourth-order valence-corrected chi connectivity index (χ4v) is 4.65. The van der Waals surface area contributed by atoms with E-state index in [4.69, 9.17) is 9.72 Å². The number of anilines is 1. The molecular formula is C25H33N3O2S. The fourth-order valence-electron chi connectivity index (χ4n) is 3.49. The zero-order valence-corrected chi connectivity index (χ0v) is 20.1. The summed E-state index contributed by atoms with van der Waals surface area (Å²) in [6, 6.07) is 11.8. The summed E-state index contributed by atoms with van der Waals surface area (Å²) in [5, 5.41) is 0.760. The van der Waals surface area contributed by atoms with Crippen LogP contribution in [0.15, 0.2) is 36.4 Å². The second-order valence-corrected chi connectivity index (χ2v) is 9.27. The van der Waals surface area contributed by atoms with E-state index in [1.54, 1.807) is 11.3 Å². The molecule has 0 atom stereocenters. The van der Waals surface area contributed by atoms with Gasteiger partial charge in [-0.2, -0.15) is 0 Å². The van der Waals surface area contributed by atoms with Crippen LogP contribution in [0.4, 0.5) is 5.13 Å². The highest BCUT2D eigenvalue weighted by Crippen LogP contribution is 2.32. The van der Waals surface area contributed by atoms with Crippen molar-refractivity contribution >= 4 is 32.6 Å². The van der Waals surface area contributed by atoms with Gasteiger partial charge in [0.1, 0.15) is 5.75 Å². The molecule has 0 fully saturated rings. The van der Waals surface area contributed by atoms with Crippen LogP contribution in [0.5, 0.6) is 5.75 Å². The van der Waals surface area contributed by atoms with Crippen molar-refractivity contribution in [3.63, 3.8) is 0 Å². The van der Waals surface area contributed by atoms with Gasteiger partial charge >= 0.3 is 0 Å². The minimum absolute atomic E-state index is 0.0210. The van der Waals surface area contributed by atoms with Gasteiger partial charge in [0.2, 0.25) is 0 Å². The summed E-state index contributed by atoms with van der Waals surface area (Å²) in [6.45, 7) is 8.55. The van der Waals surface area contributed by atoms with Crippen LogP contribution in [0.1, 0.15) is 47.7 Å². The number of aromatic nitrogens is 1. The van der Waals surface area contributed by atoms with Crippen molar-refractivity contribution in [3.05, 3.63) is 53.1 Å². The summed E-state index contributed by atoms with van der Waals surface area (Å²) >= 11 is 1.59. The van der Waals surface area contributed by atoms with Gasteiger partial charge in [0, 0.05) is 12.1 Å². The number of amides is 1. The number of rotatable bonds is 10. The van der Waals surface area contributed by atoms with Crippen LogP contribution in [-0.4, -0.2) is 49.6 Å². The predicted octanol–water partition coefficient (Wildman–Crippen LogP) is 5.69. The minimum atomic E-state index is -0.0210. The van der Waals surface area contributed by atoms with Crippen LogP contribution in [0, 0.1) is 13.8 Å². The molecule has 0 radical (unpaired) electrons. The van der Waals surface area contributed by atoms with Crippen LogP contribution < -0.4 is 9.64 Å². The van der Waals surface area contributed by atoms with E-state index in [0.717, 1.165) is 52.5 Å².